The zero-order valence-electron chi connectivity index (χ0n) is 13.7. The summed E-state index contributed by atoms with van der Waals surface area (Å²) >= 11 is 0. The summed E-state index contributed by atoms with van der Waals surface area (Å²) in [5.74, 6) is 0.236. The molecule has 7 heteroatoms. The van der Waals surface area contributed by atoms with Gasteiger partial charge in [-0.1, -0.05) is 12.8 Å². The van der Waals surface area contributed by atoms with Crippen molar-refractivity contribution in [1.82, 2.24) is 9.62 Å². The van der Waals surface area contributed by atoms with Crippen LogP contribution in [0.3, 0.4) is 0 Å². The minimum atomic E-state index is -3.49. The highest BCUT2D eigenvalue weighted by atomic mass is 32.2. The summed E-state index contributed by atoms with van der Waals surface area (Å²) in [7, 11) is -3.49. The van der Waals surface area contributed by atoms with Crippen LogP contribution < -0.4 is 4.72 Å². The quantitative estimate of drug-likeness (QED) is 0.779. The number of likely N-dealkylation sites (tertiary alicyclic amines) is 1. The lowest BCUT2D eigenvalue weighted by molar-refractivity contribution is -0.136. The Bertz CT molecular complexity index is 538. The molecule has 0 unspecified atom stereocenters. The summed E-state index contributed by atoms with van der Waals surface area (Å²) in [4.78, 5) is 14.3. The number of sulfonamides is 1. The van der Waals surface area contributed by atoms with Crippen LogP contribution in [0.25, 0.3) is 0 Å². The van der Waals surface area contributed by atoms with Crippen molar-refractivity contribution in [2.45, 2.75) is 68.6 Å². The van der Waals surface area contributed by atoms with E-state index in [1.807, 2.05) is 0 Å². The first-order valence-electron chi connectivity index (χ1n) is 8.89. The van der Waals surface area contributed by atoms with E-state index in [2.05, 4.69) is 4.72 Å². The highest BCUT2D eigenvalue weighted by Gasteiger charge is 2.39. The Morgan fingerprint density at radius 3 is 2.43 bits per heavy atom. The summed E-state index contributed by atoms with van der Waals surface area (Å²) in [5, 5.41) is 9.51. The summed E-state index contributed by atoms with van der Waals surface area (Å²) < 4.78 is 27.6. The third-order valence-corrected chi connectivity index (χ3v) is 7.53. The minimum absolute atomic E-state index is 0.0973. The Hall–Kier alpha value is -0.660. The molecule has 132 valence electrons. The number of piperidine rings is 1. The predicted molar refractivity (Wildman–Crippen MR) is 87.3 cm³/mol. The molecule has 3 aliphatic rings. The average Bonchev–Trinajstić information content (AvgIpc) is 3.05. The number of hydrogen-bond donors (Lipinski definition) is 2. The summed E-state index contributed by atoms with van der Waals surface area (Å²) in [5.41, 5.74) is -0.860. The van der Waals surface area contributed by atoms with Crippen LogP contribution in [0, 0.1) is 5.92 Å². The molecule has 0 aromatic carbocycles. The first-order valence-corrected chi connectivity index (χ1v) is 10.4. The zero-order chi connectivity index (χ0) is 16.5. The van der Waals surface area contributed by atoms with Crippen LogP contribution >= 0.6 is 0 Å². The maximum atomic E-state index is 12.5. The van der Waals surface area contributed by atoms with E-state index in [-0.39, 0.29) is 18.4 Å². The van der Waals surface area contributed by atoms with Crippen molar-refractivity contribution in [3.8, 4) is 0 Å². The third-order valence-electron chi connectivity index (χ3n) is 5.72. The molecule has 0 bridgehead atoms. The number of nitrogens with zero attached hydrogens (tertiary/aromatic N) is 1. The molecule has 1 aliphatic heterocycles. The van der Waals surface area contributed by atoms with Gasteiger partial charge in [-0.15, -0.1) is 0 Å². The van der Waals surface area contributed by atoms with Gasteiger partial charge in [-0.3, -0.25) is 4.79 Å². The number of carbonyl (C=O) groups is 1. The molecule has 3 rings (SSSR count). The van der Waals surface area contributed by atoms with Crippen molar-refractivity contribution in [1.29, 1.82) is 0 Å². The number of amides is 1. The van der Waals surface area contributed by atoms with Gasteiger partial charge in [0.15, 0.2) is 0 Å². The molecule has 1 heterocycles. The van der Waals surface area contributed by atoms with Crippen molar-refractivity contribution in [2.24, 2.45) is 5.92 Å². The maximum absolute atomic E-state index is 12.5. The molecule has 0 aromatic rings. The second-order valence-corrected chi connectivity index (χ2v) is 9.52. The summed E-state index contributed by atoms with van der Waals surface area (Å²) in [6, 6.07) is 0. The smallest absolute Gasteiger partial charge is 0.225 e. The molecule has 2 N–H and O–H groups in total. The van der Waals surface area contributed by atoms with Gasteiger partial charge in [-0.05, 0) is 44.9 Å². The largest absolute Gasteiger partial charge is 0.389 e. The minimum Gasteiger partial charge on any atom is -0.389 e. The standard InChI is InChI=1S/C16H28N2O4S/c19-15(13-5-1-2-6-13)18-10-3-7-14(11-18)23(21,22)17-12-16(20)8-4-9-16/h13-14,17,20H,1-12H2/t14-/m0/s1. The van der Waals surface area contributed by atoms with Crippen molar-refractivity contribution in [2.75, 3.05) is 19.6 Å². The maximum Gasteiger partial charge on any atom is 0.225 e. The van der Waals surface area contributed by atoms with Crippen molar-refractivity contribution in [3.63, 3.8) is 0 Å². The van der Waals surface area contributed by atoms with Gasteiger partial charge in [0.2, 0.25) is 15.9 Å². The second kappa shape index (κ2) is 6.69. The van der Waals surface area contributed by atoms with Gasteiger partial charge in [0.1, 0.15) is 0 Å². The van der Waals surface area contributed by atoms with Crippen LogP contribution in [0.5, 0.6) is 0 Å². The first-order chi connectivity index (χ1) is 10.9. The topological polar surface area (TPSA) is 86.7 Å². The Balaban J connectivity index is 1.57. The third kappa shape index (κ3) is 3.88. The zero-order valence-corrected chi connectivity index (χ0v) is 14.5. The van der Waals surface area contributed by atoms with E-state index in [1.165, 1.54) is 0 Å². The molecule has 1 amide bonds. The summed E-state index contributed by atoms with van der Waals surface area (Å²) in [6.45, 7) is 1.07. The second-order valence-electron chi connectivity index (χ2n) is 7.47. The number of nitrogens with one attached hydrogen (secondary N) is 1. The fraction of sp³-hybridized carbons (Fsp3) is 0.938. The van der Waals surface area contributed by atoms with Gasteiger partial charge in [0.05, 0.1) is 10.9 Å². The molecule has 6 nitrogen and oxygen atoms in total. The Morgan fingerprint density at radius 1 is 1.13 bits per heavy atom. The van der Waals surface area contributed by atoms with Crippen LogP contribution in [0.1, 0.15) is 57.8 Å². The molecule has 0 radical (unpaired) electrons. The van der Waals surface area contributed by atoms with Crippen LogP contribution in [0.15, 0.2) is 0 Å². The normalized spacial score (nSPS) is 28.6. The van der Waals surface area contributed by atoms with Crippen LogP contribution in [-0.2, 0) is 14.8 Å². The van der Waals surface area contributed by atoms with Crippen molar-refractivity contribution in [3.05, 3.63) is 0 Å². The van der Waals surface area contributed by atoms with E-state index in [0.717, 1.165) is 38.5 Å². The molecule has 23 heavy (non-hydrogen) atoms. The highest BCUT2D eigenvalue weighted by molar-refractivity contribution is 7.90. The number of carbonyl (C=O) groups excluding carboxylic acids is 1. The predicted octanol–water partition coefficient (Wildman–Crippen LogP) is 1.00. The Labute approximate surface area is 138 Å². The molecular weight excluding hydrogens is 316 g/mol. The molecule has 2 aliphatic carbocycles. The monoisotopic (exact) mass is 344 g/mol. The van der Waals surface area contributed by atoms with Crippen molar-refractivity contribution < 1.29 is 18.3 Å². The van der Waals surface area contributed by atoms with Gasteiger partial charge in [0.25, 0.3) is 0 Å². The van der Waals surface area contributed by atoms with Crippen LogP contribution in [-0.4, -0.2) is 54.8 Å². The van der Waals surface area contributed by atoms with E-state index in [0.29, 0.717) is 32.4 Å². The first kappa shape index (κ1) is 17.2. The van der Waals surface area contributed by atoms with E-state index < -0.39 is 20.9 Å². The van der Waals surface area contributed by atoms with Gasteiger partial charge in [0, 0.05) is 25.6 Å². The molecule has 1 atom stereocenters. The molecule has 2 saturated carbocycles. The van der Waals surface area contributed by atoms with Crippen molar-refractivity contribution >= 4 is 15.9 Å². The van der Waals surface area contributed by atoms with Gasteiger partial charge in [-0.2, -0.15) is 0 Å². The van der Waals surface area contributed by atoms with Gasteiger partial charge >= 0.3 is 0 Å². The molecule has 0 spiro atoms. The van der Waals surface area contributed by atoms with E-state index in [1.54, 1.807) is 4.90 Å². The number of aliphatic hydroxyl groups is 1. The highest BCUT2D eigenvalue weighted by Crippen LogP contribution is 2.31. The molecule has 3 fully saturated rings. The van der Waals surface area contributed by atoms with Gasteiger partial charge < -0.3 is 10.0 Å². The lowest BCUT2D eigenvalue weighted by atomic mass is 9.81. The molecular formula is C16H28N2O4S. The number of rotatable bonds is 5. The fourth-order valence-electron chi connectivity index (χ4n) is 3.94. The number of hydrogen-bond acceptors (Lipinski definition) is 4. The lowest BCUT2D eigenvalue weighted by Gasteiger charge is -2.38. The van der Waals surface area contributed by atoms with E-state index >= 15 is 0 Å². The fourth-order valence-corrected chi connectivity index (χ4v) is 5.50. The summed E-state index contributed by atoms with van der Waals surface area (Å²) in [6.07, 6.45) is 7.68. The van der Waals surface area contributed by atoms with Crippen LogP contribution in [0.4, 0.5) is 0 Å². The Kier molecular flexibility index (Phi) is 4.99. The van der Waals surface area contributed by atoms with Gasteiger partial charge in [-0.25, -0.2) is 13.1 Å². The SMILES string of the molecule is O=C(C1CCCC1)N1CCC[C@H](S(=O)(=O)NCC2(O)CCC2)C1. The average molecular weight is 344 g/mol. The molecule has 1 saturated heterocycles. The Morgan fingerprint density at radius 2 is 1.83 bits per heavy atom. The van der Waals surface area contributed by atoms with Crippen LogP contribution in [0.2, 0.25) is 0 Å². The lowest BCUT2D eigenvalue weighted by Crippen LogP contribution is -2.53. The molecule has 0 aromatic heterocycles. The van der Waals surface area contributed by atoms with E-state index in [4.69, 9.17) is 0 Å². The van der Waals surface area contributed by atoms with E-state index in [9.17, 15) is 18.3 Å².